The molecule has 0 aliphatic carbocycles. The van der Waals surface area contributed by atoms with Crippen LogP contribution in [-0.2, 0) is 4.79 Å². The molecule has 0 N–H and O–H groups in total. The van der Waals surface area contributed by atoms with Gasteiger partial charge in [0.15, 0.2) is 0 Å². The predicted molar refractivity (Wildman–Crippen MR) is 72.6 cm³/mol. The zero-order valence-corrected chi connectivity index (χ0v) is 11.3. The molecular weight excluding hydrogens is 240 g/mol. The largest absolute Gasteiger partial charge is 0.359 e. The molecule has 1 aromatic rings. The second-order valence-corrected chi connectivity index (χ2v) is 4.90. The van der Waals surface area contributed by atoms with E-state index < -0.39 is 0 Å². The lowest BCUT2D eigenvalue weighted by molar-refractivity contribution is -0.127. The van der Waals surface area contributed by atoms with E-state index in [0.717, 1.165) is 25.5 Å². The predicted octanol–water partition coefficient (Wildman–Crippen LogP) is 1.26. The zero-order valence-electron chi connectivity index (χ0n) is 11.3. The number of carbonyl (C=O) groups excluding carboxylic acids is 1. The minimum atomic E-state index is 0.236. The van der Waals surface area contributed by atoms with Crippen molar-refractivity contribution in [2.45, 2.75) is 13.3 Å². The number of carbonyl (C=O) groups is 1. The van der Waals surface area contributed by atoms with Gasteiger partial charge in [-0.15, -0.1) is 0 Å². The van der Waals surface area contributed by atoms with E-state index in [1.165, 1.54) is 0 Å². The van der Waals surface area contributed by atoms with Gasteiger partial charge in [0, 0.05) is 45.2 Å². The summed E-state index contributed by atoms with van der Waals surface area (Å²) in [7, 11) is 1.95. The summed E-state index contributed by atoms with van der Waals surface area (Å²) in [5, 5.41) is 8.88. The van der Waals surface area contributed by atoms with Crippen molar-refractivity contribution in [3.63, 3.8) is 0 Å². The van der Waals surface area contributed by atoms with Crippen LogP contribution < -0.4 is 4.90 Å². The third kappa shape index (κ3) is 3.02. The Balaban J connectivity index is 2.00. The molecule has 0 spiro atoms. The second-order valence-electron chi connectivity index (χ2n) is 4.90. The van der Waals surface area contributed by atoms with E-state index in [0.29, 0.717) is 17.9 Å². The van der Waals surface area contributed by atoms with Crippen molar-refractivity contribution in [3.05, 3.63) is 23.9 Å². The Morgan fingerprint density at radius 1 is 1.63 bits per heavy atom. The number of aromatic nitrogens is 1. The molecule has 1 aromatic heterocycles. The molecule has 1 aliphatic heterocycles. The highest BCUT2D eigenvalue weighted by atomic mass is 16.2. The topological polar surface area (TPSA) is 60.2 Å². The fourth-order valence-electron chi connectivity index (χ4n) is 2.46. The Bertz CT molecular complexity index is 508. The van der Waals surface area contributed by atoms with Crippen LogP contribution in [0.2, 0.25) is 0 Å². The van der Waals surface area contributed by atoms with Gasteiger partial charge in [0.2, 0.25) is 5.91 Å². The van der Waals surface area contributed by atoms with Crippen LogP contribution in [0.25, 0.3) is 0 Å². The van der Waals surface area contributed by atoms with Gasteiger partial charge in [-0.2, -0.15) is 5.26 Å². The van der Waals surface area contributed by atoms with Gasteiger partial charge in [-0.1, -0.05) is 0 Å². The first-order valence-corrected chi connectivity index (χ1v) is 6.49. The van der Waals surface area contributed by atoms with Crippen molar-refractivity contribution in [2.75, 3.05) is 31.6 Å². The summed E-state index contributed by atoms with van der Waals surface area (Å²) in [6.45, 7) is 4.38. The van der Waals surface area contributed by atoms with Crippen LogP contribution in [0.4, 0.5) is 5.82 Å². The third-order valence-electron chi connectivity index (χ3n) is 3.47. The number of rotatable bonds is 4. The highest BCUT2D eigenvalue weighted by Gasteiger charge is 2.29. The van der Waals surface area contributed by atoms with Crippen LogP contribution in [-0.4, -0.2) is 42.5 Å². The lowest BCUT2D eigenvalue weighted by Gasteiger charge is -2.22. The summed E-state index contributed by atoms with van der Waals surface area (Å²) in [6.07, 6.45) is 2.25. The van der Waals surface area contributed by atoms with Gasteiger partial charge in [-0.3, -0.25) is 4.79 Å². The Morgan fingerprint density at radius 2 is 2.42 bits per heavy atom. The molecular formula is C14H18N4O. The van der Waals surface area contributed by atoms with Crippen LogP contribution in [0.3, 0.4) is 0 Å². The van der Waals surface area contributed by atoms with Crippen LogP contribution >= 0.6 is 0 Å². The standard InChI is InChI=1S/C14H18N4O/c1-3-18-10-12(7-14(18)19)9-17(2)13-6-11(8-15)4-5-16-13/h4-6,12H,3,7,9-10H2,1-2H3/t12-/m0/s1. The number of hydrogen-bond donors (Lipinski definition) is 0. The highest BCUT2D eigenvalue weighted by molar-refractivity contribution is 5.78. The molecule has 5 heteroatoms. The Labute approximate surface area is 113 Å². The fraction of sp³-hybridized carbons (Fsp3) is 0.500. The van der Waals surface area contributed by atoms with Gasteiger partial charge >= 0.3 is 0 Å². The smallest absolute Gasteiger partial charge is 0.222 e. The molecule has 2 heterocycles. The lowest BCUT2D eigenvalue weighted by Crippen LogP contribution is -2.29. The van der Waals surface area contributed by atoms with Gasteiger partial charge < -0.3 is 9.80 Å². The summed E-state index contributed by atoms with van der Waals surface area (Å²) in [5.41, 5.74) is 0.606. The molecule has 0 bridgehead atoms. The van der Waals surface area contributed by atoms with Crippen molar-refractivity contribution >= 4 is 11.7 Å². The molecule has 0 unspecified atom stereocenters. The number of nitriles is 1. The zero-order chi connectivity index (χ0) is 13.8. The maximum Gasteiger partial charge on any atom is 0.222 e. The van der Waals surface area contributed by atoms with E-state index >= 15 is 0 Å². The van der Waals surface area contributed by atoms with Crippen LogP contribution in [0.5, 0.6) is 0 Å². The number of hydrogen-bond acceptors (Lipinski definition) is 4. The molecule has 0 radical (unpaired) electrons. The average Bonchev–Trinajstić information content (AvgIpc) is 2.78. The van der Waals surface area contributed by atoms with Crippen LogP contribution in [0.1, 0.15) is 18.9 Å². The number of pyridine rings is 1. The van der Waals surface area contributed by atoms with Gasteiger partial charge in [-0.05, 0) is 19.1 Å². The molecule has 19 heavy (non-hydrogen) atoms. The molecule has 1 amide bonds. The number of likely N-dealkylation sites (tertiary alicyclic amines) is 1. The van der Waals surface area contributed by atoms with E-state index in [4.69, 9.17) is 5.26 Å². The van der Waals surface area contributed by atoms with E-state index in [1.54, 1.807) is 18.3 Å². The van der Waals surface area contributed by atoms with Crippen LogP contribution in [0, 0.1) is 17.2 Å². The molecule has 1 saturated heterocycles. The third-order valence-corrected chi connectivity index (χ3v) is 3.47. The summed E-state index contributed by atoms with van der Waals surface area (Å²) >= 11 is 0. The first-order chi connectivity index (χ1) is 9.13. The van der Waals surface area contributed by atoms with E-state index in [2.05, 4.69) is 11.1 Å². The maximum atomic E-state index is 11.7. The van der Waals surface area contributed by atoms with E-state index in [-0.39, 0.29) is 5.91 Å². The molecule has 100 valence electrons. The summed E-state index contributed by atoms with van der Waals surface area (Å²) in [6, 6.07) is 5.57. The molecule has 5 nitrogen and oxygen atoms in total. The number of anilines is 1. The fourth-order valence-corrected chi connectivity index (χ4v) is 2.46. The second kappa shape index (κ2) is 5.70. The normalized spacial score (nSPS) is 18.5. The van der Waals surface area contributed by atoms with Crippen LogP contribution in [0.15, 0.2) is 18.3 Å². The van der Waals surface area contributed by atoms with Gasteiger partial charge in [0.25, 0.3) is 0 Å². The lowest BCUT2D eigenvalue weighted by atomic mass is 10.1. The average molecular weight is 258 g/mol. The van der Waals surface area contributed by atoms with Crippen molar-refractivity contribution in [2.24, 2.45) is 5.92 Å². The van der Waals surface area contributed by atoms with Crippen molar-refractivity contribution in [3.8, 4) is 6.07 Å². The molecule has 2 rings (SSSR count). The van der Waals surface area contributed by atoms with Crippen molar-refractivity contribution in [1.82, 2.24) is 9.88 Å². The molecule has 1 aliphatic rings. The molecule has 1 atom stereocenters. The van der Waals surface area contributed by atoms with Gasteiger partial charge in [0.1, 0.15) is 5.82 Å². The number of amides is 1. The molecule has 1 fully saturated rings. The quantitative estimate of drug-likeness (QED) is 0.815. The Morgan fingerprint density at radius 3 is 3.05 bits per heavy atom. The molecule has 0 aromatic carbocycles. The minimum Gasteiger partial charge on any atom is -0.359 e. The van der Waals surface area contributed by atoms with Gasteiger partial charge in [-0.25, -0.2) is 4.98 Å². The van der Waals surface area contributed by atoms with Crippen molar-refractivity contribution in [1.29, 1.82) is 5.26 Å². The SMILES string of the molecule is CCN1C[C@H](CN(C)c2cc(C#N)ccn2)CC1=O. The first-order valence-electron chi connectivity index (χ1n) is 6.49. The minimum absolute atomic E-state index is 0.236. The monoisotopic (exact) mass is 258 g/mol. The summed E-state index contributed by atoms with van der Waals surface area (Å²) in [5.74, 6) is 1.35. The summed E-state index contributed by atoms with van der Waals surface area (Å²) in [4.78, 5) is 19.8. The Kier molecular flexibility index (Phi) is 4.00. The van der Waals surface area contributed by atoms with E-state index in [9.17, 15) is 4.79 Å². The van der Waals surface area contributed by atoms with Gasteiger partial charge in [0.05, 0.1) is 11.6 Å². The van der Waals surface area contributed by atoms with E-state index in [1.807, 2.05) is 23.8 Å². The Hall–Kier alpha value is -2.09. The highest BCUT2D eigenvalue weighted by Crippen LogP contribution is 2.20. The maximum absolute atomic E-state index is 11.7. The summed E-state index contributed by atoms with van der Waals surface area (Å²) < 4.78 is 0. The number of nitrogens with zero attached hydrogens (tertiary/aromatic N) is 4. The molecule has 0 saturated carbocycles. The van der Waals surface area contributed by atoms with Crippen molar-refractivity contribution < 1.29 is 4.79 Å². The first kappa shape index (κ1) is 13.3.